The van der Waals surface area contributed by atoms with E-state index < -0.39 is 10.0 Å². The number of halogens is 1. The van der Waals surface area contributed by atoms with Gasteiger partial charge in [0.25, 0.3) is 5.91 Å². The standard InChI is InChI=1S/C18H27ClN2O5S/c1-4-25-9-5-8-20-18(22)15-6-7-16(19)17(10-15)27(23,24)21-11-13(2)26-14(3)12-21/h6-7,10,13-14H,4-5,8-9,11-12H2,1-3H3,(H,20,22)/t13-,14-/m0/s1. The first-order valence-electron chi connectivity index (χ1n) is 9.06. The molecule has 152 valence electrons. The number of hydrogen-bond acceptors (Lipinski definition) is 5. The molecule has 0 bridgehead atoms. The number of nitrogens with zero attached hydrogens (tertiary/aromatic N) is 1. The van der Waals surface area contributed by atoms with E-state index in [1.165, 1.54) is 22.5 Å². The van der Waals surface area contributed by atoms with E-state index in [2.05, 4.69) is 5.32 Å². The number of hydrogen-bond donors (Lipinski definition) is 1. The number of rotatable bonds is 8. The van der Waals surface area contributed by atoms with Crippen LogP contribution >= 0.6 is 11.6 Å². The molecule has 1 aromatic rings. The maximum Gasteiger partial charge on any atom is 0.251 e. The van der Waals surface area contributed by atoms with Crippen LogP contribution in [0.3, 0.4) is 0 Å². The molecule has 27 heavy (non-hydrogen) atoms. The summed E-state index contributed by atoms with van der Waals surface area (Å²) in [6.07, 6.45) is 0.264. The fourth-order valence-corrected chi connectivity index (χ4v) is 5.02. The van der Waals surface area contributed by atoms with Crippen molar-refractivity contribution in [2.75, 3.05) is 32.8 Å². The number of carbonyl (C=O) groups is 1. The smallest absolute Gasteiger partial charge is 0.251 e. The molecule has 0 aliphatic carbocycles. The molecule has 2 atom stereocenters. The van der Waals surface area contributed by atoms with Crippen LogP contribution in [0.5, 0.6) is 0 Å². The zero-order valence-corrected chi connectivity index (χ0v) is 17.5. The number of ether oxygens (including phenoxy) is 2. The van der Waals surface area contributed by atoms with Crippen molar-refractivity contribution in [1.29, 1.82) is 0 Å². The molecule has 1 fully saturated rings. The van der Waals surface area contributed by atoms with Crippen molar-refractivity contribution in [3.05, 3.63) is 28.8 Å². The molecule has 0 aromatic heterocycles. The molecule has 1 amide bonds. The van der Waals surface area contributed by atoms with Gasteiger partial charge in [-0.25, -0.2) is 8.42 Å². The van der Waals surface area contributed by atoms with Crippen LogP contribution in [0, 0.1) is 0 Å². The zero-order valence-electron chi connectivity index (χ0n) is 15.9. The summed E-state index contributed by atoms with van der Waals surface area (Å²) in [4.78, 5) is 12.3. The van der Waals surface area contributed by atoms with Gasteiger partial charge in [0.2, 0.25) is 10.0 Å². The van der Waals surface area contributed by atoms with Gasteiger partial charge in [0, 0.05) is 38.4 Å². The molecule has 7 nitrogen and oxygen atoms in total. The van der Waals surface area contributed by atoms with Crippen LogP contribution in [-0.2, 0) is 19.5 Å². The summed E-state index contributed by atoms with van der Waals surface area (Å²) in [6.45, 7) is 7.69. The summed E-state index contributed by atoms with van der Waals surface area (Å²) in [5.74, 6) is -0.344. The van der Waals surface area contributed by atoms with Gasteiger partial charge >= 0.3 is 0 Å². The van der Waals surface area contributed by atoms with E-state index in [4.69, 9.17) is 21.1 Å². The fourth-order valence-electron chi connectivity index (χ4n) is 2.93. The Morgan fingerprint density at radius 2 is 2.00 bits per heavy atom. The molecular weight excluding hydrogens is 392 g/mol. The Morgan fingerprint density at radius 1 is 1.33 bits per heavy atom. The zero-order chi connectivity index (χ0) is 20.0. The Kier molecular flexibility index (Phi) is 8.05. The molecule has 9 heteroatoms. The Morgan fingerprint density at radius 3 is 2.63 bits per heavy atom. The van der Waals surface area contributed by atoms with Crippen LogP contribution in [0.1, 0.15) is 37.6 Å². The number of amides is 1. The minimum atomic E-state index is -3.83. The van der Waals surface area contributed by atoms with Gasteiger partial charge < -0.3 is 14.8 Å². The highest BCUT2D eigenvalue weighted by Gasteiger charge is 2.33. The Hall–Kier alpha value is -1.19. The number of morpholine rings is 1. The summed E-state index contributed by atoms with van der Waals surface area (Å²) in [5, 5.41) is 2.85. The lowest BCUT2D eigenvalue weighted by atomic mass is 10.2. The largest absolute Gasteiger partial charge is 0.382 e. The topological polar surface area (TPSA) is 84.9 Å². The van der Waals surface area contributed by atoms with E-state index >= 15 is 0 Å². The predicted octanol–water partition coefficient (Wildman–Crippen LogP) is 2.29. The van der Waals surface area contributed by atoms with E-state index in [0.29, 0.717) is 26.2 Å². The minimum Gasteiger partial charge on any atom is -0.382 e. The SMILES string of the molecule is CCOCCCNC(=O)c1ccc(Cl)c(S(=O)(=O)N2C[C@H](C)O[C@@H](C)C2)c1. The van der Waals surface area contributed by atoms with Gasteiger partial charge in [-0.3, -0.25) is 4.79 Å². The molecule has 1 aromatic carbocycles. The van der Waals surface area contributed by atoms with Crippen LogP contribution in [0.15, 0.2) is 23.1 Å². The second-order valence-electron chi connectivity index (χ2n) is 6.53. The number of nitrogens with one attached hydrogen (secondary N) is 1. The maximum atomic E-state index is 13.0. The lowest BCUT2D eigenvalue weighted by Gasteiger charge is -2.34. The van der Waals surface area contributed by atoms with Crippen molar-refractivity contribution in [2.24, 2.45) is 0 Å². The van der Waals surface area contributed by atoms with Gasteiger partial charge in [0.05, 0.1) is 17.2 Å². The average Bonchev–Trinajstić information content (AvgIpc) is 2.60. The predicted molar refractivity (Wildman–Crippen MR) is 104 cm³/mol. The highest BCUT2D eigenvalue weighted by molar-refractivity contribution is 7.89. The highest BCUT2D eigenvalue weighted by Crippen LogP contribution is 2.28. The second-order valence-corrected chi connectivity index (χ2v) is 8.84. The third-order valence-corrected chi connectivity index (χ3v) is 6.47. The van der Waals surface area contributed by atoms with E-state index in [1.54, 1.807) is 0 Å². The van der Waals surface area contributed by atoms with E-state index in [-0.39, 0.29) is 46.7 Å². The third-order valence-electron chi connectivity index (χ3n) is 4.15. The first-order chi connectivity index (χ1) is 12.8. The van der Waals surface area contributed by atoms with Gasteiger partial charge in [-0.05, 0) is 45.4 Å². The fraction of sp³-hybridized carbons (Fsp3) is 0.611. The monoisotopic (exact) mass is 418 g/mol. The quantitative estimate of drug-likeness (QED) is 0.655. The molecule has 0 spiro atoms. The van der Waals surface area contributed by atoms with Crippen molar-refractivity contribution >= 4 is 27.5 Å². The second kappa shape index (κ2) is 9.84. The van der Waals surface area contributed by atoms with Gasteiger partial charge in [-0.2, -0.15) is 4.31 Å². The summed E-state index contributed by atoms with van der Waals surface area (Å²) < 4.78 is 38.3. The van der Waals surface area contributed by atoms with Gasteiger partial charge in [0.15, 0.2) is 0 Å². The van der Waals surface area contributed by atoms with E-state index in [9.17, 15) is 13.2 Å². The first-order valence-corrected chi connectivity index (χ1v) is 10.9. The molecule has 1 aliphatic heterocycles. The summed E-state index contributed by atoms with van der Waals surface area (Å²) in [6, 6.07) is 4.29. The molecule has 0 unspecified atom stereocenters. The Balaban J connectivity index is 2.15. The number of carbonyl (C=O) groups excluding carboxylic acids is 1. The van der Waals surface area contributed by atoms with Crippen molar-refractivity contribution in [2.45, 2.75) is 44.3 Å². The maximum absolute atomic E-state index is 13.0. The summed E-state index contributed by atoms with van der Waals surface area (Å²) >= 11 is 6.15. The molecule has 1 N–H and O–H groups in total. The van der Waals surface area contributed by atoms with Gasteiger partial charge in [0.1, 0.15) is 4.90 Å². The van der Waals surface area contributed by atoms with Crippen LogP contribution in [0.4, 0.5) is 0 Å². The molecule has 2 rings (SSSR count). The molecule has 1 saturated heterocycles. The van der Waals surface area contributed by atoms with Crippen molar-refractivity contribution in [3.8, 4) is 0 Å². The Bertz CT molecular complexity index is 746. The van der Waals surface area contributed by atoms with Gasteiger partial charge in [-0.1, -0.05) is 11.6 Å². The summed E-state index contributed by atoms with van der Waals surface area (Å²) in [5.41, 5.74) is 0.253. The average molecular weight is 419 g/mol. The summed E-state index contributed by atoms with van der Waals surface area (Å²) in [7, 11) is -3.83. The molecule has 0 saturated carbocycles. The molecule has 1 heterocycles. The van der Waals surface area contributed by atoms with Crippen LogP contribution < -0.4 is 5.32 Å². The minimum absolute atomic E-state index is 0.0626. The third kappa shape index (κ3) is 5.89. The van der Waals surface area contributed by atoms with E-state index in [0.717, 1.165) is 0 Å². The van der Waals surface area contributed by atoms with Crippen LogP contribution in [0.25, 0.3) is 0 Å². The lowest BCUT2D eigenvalue weighted by Crippen LogP contribution is -2.48. The van der Waals surface area contributed by atoms with Crippen molar-refractivity contribution < 1.29 is 22.7 Å². The Labute approximate surface area is 166 Å². The van der Waals surface area contributed by atoms with Crippen LogP contribution in [0.2, 0.25) is 5.02 Å². The van der Waals surface area contributed by atoms with Crippen LogP contribution in [-0.4, -0.2) is 63.7 Å². The normalized spacial score (nSPS) is 21.2. The number of benzene rings is 1. The molecular formula is C18H27ClN2O5S. The highest BCUT2D eigenvalue weighted by atomic mass is 35.5. The number of sulfonamides is 1. The van der Waals surface area contributed by atoms with Crippen molar-refractivity contribution in [3.63, 3.8) is 0 Å². The van der Waals surface area contributed by atoms with Crippen molar-refractivity contribution in [1.82, 2.24) is 9.62 Å². The molecule has 0 radical (unpaired) electrons. The van der Waals surface area contributed by atoms with Gasteiger partial charge in [-0.15, -0.1) is 0 Å². The first kappa shape index (κ1) is 22.1. The molecule has 1 aliphatic rings. The lowest BCUT2D eigenvalue weighted by molar-refractivity contribution is -0.0440. The van der Waals surface area contributed by atoms with E-state index in [1.807, 2.05) is 20.8 Å².